The Hall–Kier alpha value is -2.71. The van der Waals surface area contributed by atoms with Crippen LogP contribution in [-0.4, -0.2) is 36.4 Å². The van der Waals surface area contributed by atoms with Gasteiger partial charge in [-0.3, -0.25) is 5.32 Å². The first-order valence-electron chi connectivity index (χ1n) is 7.86. The van der Waals surface area contributed by atoms with Crippen molar-refractivity contribution < 1.29 is 14.6 Å². The number of likely N-dealkylation sites (N-methyl/N-ethyl adjacent to an activating group) is 1. The zero-order valence-corrected chi connectivity index (χ0v) is 15.5. The molecular weight excluding hydrogens is 358 g/mol. The van der Waals surface area contributed by atoms with Gasteiger partial charge in [-0.15, -0.1) is 12.4 Å². The van der Waals surface area contributed by atoms with Crippen LogP contribution in [0.5, 0.6) is 0 Å². The van der Waals surface area contributed by atoms with E-state index < -0.39 is 12.2 Å². The predicted molar refractivity (Wildman–Crippen MR) is 106 cm³/mol. The highest BCUT2D eigenvalue weighted by Crippen LogP contribution is 2.30. The third-order valence-corrected chi connectivity index (χ3v) is 3.61. The van der Waals surface area contributed by atoms with Gasteiger partial charge >= 0.3 is 6.09 Å². The first kappa shape index (κ1) is 21.3. The number of anilines is 4. The number of hydrogen-bond acceptors (Lipinski definition) is 7. The predicted octanol–water partition coefficient (Wildman–Crippen LogP) is 2.41. The molecule has 0 bridgehead atoms. The van der Waals surface area contributed by atoms with E-state index in [1.165, 1.54) is 0 Å². The summed E-state index contributed by atoms with van der Waals surface area (Å²) >= 11 is 0. The molecule has 1 aromatic heterocycles. The van der Waals surface area contributed by atoms with Crippen LogP contribution in [0, 0.1) is 0 Å². The lowest BCUT2D eigenvalue weighted by atomic mass is 10.1. The second-order valence-electron chi connectivity index (χ2n) is 5.48. The quantitative estimate of drug-likeness (QED) is 0.605. The number of pyridine rings is 1. The van der Waals surface area contributed by atoms with Crippen LogP contribution in [-0.2, 0) is 4.74 Å². The Balaban J connectivity index is 0.00000338. The first-order chi connectivity index (χ1) is 11.9. The van der Waals surface area contributed by atoms with E-state index in [9.17, 15) is 9.90 Å². The van der Waals surface area contributed by atoms with Gasteiger partial charge in [0.2, 0.25) is 0 Å². The lowest BCUT2D eigenvalue weighted by Crippen LogP contribution is -2.26. The van der Waals surface area contributed by atoms with Gasteiger partial charge in [-0.25, -0.2) is 9.78 Å². The minimum atomic E-state index is -0.707. The number of carbonyl (C=O) groups is 1. The van der Waals surface area contributed by atoms with Crippen molar-refractivity contribution in [2.24, 2.45) is 0 Å². The van der Waals surface area contributed by atoms with Gasteiger partial charge in [0, 0.05) is 19.7 Å². The molecule has 1 aromatic carbocycles. The number of nitrogen functional groups attached to an aromatic ring is 2. The molecule has 0 aliphatic carbocycles. The fourth-order valence-electron chi connectivity index (χ4n) is 2.35. The van der Waals surface area contributed by atoms with Gasteiger partial charge in [0.1, 0.15) is 5.82 Å². The molecular formula is C17H24ClN5O3. The summed E-state index contributed by atoms with van der Waals surface area (Å²) in [6.45, 7) is 2.23. The van der Waals surface area contributed by atoms with Gasteiger partial charge in [0.15, 0.2) is 5.82 Å². The van der Waals surface area contributed by atoms with Crippen LogP contribution in [0.4, 0.5) is 27.8 Å². The molecule has 8 nitrogen and oxygen atoms in total. The van der Waals surface area contributed by atoms with Crippen molar-refractivity contribution in [2.75, 3.05) is 41.9 Å². The number of benzene rings is 1. The van der Waals surface area contributed by atoms with E-state index in [-0.39, 0.29) is 42.9 Å². The lowest BCUT2D eigenvalue weighted by molar-refractivity contribution is 0.168. The summed E-state index contributed by atoms with van der Waals surface area (Å²) in [5, 5.41) is 12.9. The fraction of sp³-hybridized carbons (Fsp3) is 0.294. The van der Waals surface area contributed by atoms with Crippen LogP contribution in [0.15, 0.2) is 36.4 Å². The maximum Gasteiger partial charge on any atom is 0.412 e. The summed E-state index contributed by atoms with van der Waals surface area (Å²) in [5.41, 5.74) is 13.5. The molecule has 1 heterocycles. The summed E-state index contributed by atoms with van der Waals surface area (Å²) in [6.07, 6.45) is -1.33. The Bertz CT molecular complexity index is 730. The molecule has 0 saturated carbocycles. The van der Waals surface area contributed by atoms with Gasteiger partial charge < -0.3 is 26.2 Å². The van der Waals surface area contributed by atoms with Gasteiger partial charge in [-0.05, 0) is 12.5 Å². The molecule has 2 aromatic rings. The van der Waals surface area contributed by atoms with Crippen molar-refractivity contribution in [1.29, 1.82) is 0 Å². The van der Waals surface area contributed by atoms with Crippen molar-refractivity contribution in [3.63, 3.8) is 0 Å². The summed E-state index contributed by atoms with van der Waals surface area (Å²) < 4.78 is 4.82. The van der Waals surface area contributed by atoms with E-state index in [2.05, 4.69) is 10.3 Å². The monoisotopic (exact) mass is 381 g/mol. The van der Waals surface area contributed by atoms with Gasteiger partial charge in [0.05, 0.1) is 24.1 Å². The number of nitrogens with one attached hydrogen (secondary N) is 1. The van der Waals surface area contributed by atoms with Gasteiger partial charge in [0.25, 0.3) is 0 Å². The van der Waals surface area contributed by atoms with Crippen LogP contribution in [0.2, 0.25) is 0 Å². The Labute approximate surface area is 158 Å². The third kappa shape index (κ3) is 5.40. The molecule has 0 saturated heterocycles. The number of ether oxygens (including phenoxy) is 1. The van der Waals surface area contributed by atoms with E-state index in [1.54, 1.807) is 24.9 Å². The number of hydrogen-bond donors (Lipinski definition) is 4. The number of aliphatic hydroxyl groups is 1. The van der Waals surface area contributed by atoms with Crippen molar-refractivity contribution >= 4 is 41.5 Å². The Morgan fingerprint density at radius 1 is 1.35 bits per heavy atom. The fourth-order valence-corrected chi connectivity index (χ4v) is 2.35. The molecule has 0 radical (unpaired) electrons. The second kappa shape index (κ2) is 9.69. The molecule has 142 valence electrons. The third-order valence-electron chi connectivity index (χ3n) is 3.61. The van der Waals surface area contributed by atoms with Crippen LogP contribution in [0.3, 0.4) is 0 Å². The number of amides is 1. The zero-order chi connectivity index (χ0) is 18.4. The summed E-state index contributed by atoms with van der Waals surface area (Å²) in [6, 6.07) is 10.9. The van der Waals surface area contributed by atoms with Crippen LogP contribution in [0.25, 0.3) is 0 Å². The van der Waals surface area contributed by atoms with E-state index >= 15 is 0 Å². The molecule has 1 atom stereocenters. The van der Waals surface area contributed by atoms with Crippen molar-refractivity contribution in [3.8, 4) is 0 Å². The van der Waals surface area contributed by atoms with Crippen LogP contribution >= 0.6 is 12.4 Å². The maximum atomic E-state index is 11.6. The van der Waals surface area contributed by atoms with Crippen molar-refractivity contribution in [2.45, 2.75) is 13.0 Å². The molecule has 0 spiro atoms. The highest BCUT2D eigenvalue weighted by atomic mass is 35.5. The number of rotatable bonds is 6. The molecule has 0 aliphatic heterocycles. The topological polar surface area (TPSA) is 127 Å². The Morgan fingerprint density at radius 3 is 2.62 bits per heavy atom. The minimum Gasteiger partial charge on any atom is -0.450 e. The Morgan fingerprint density at radius 2 is 2.00 bits per heavy atom. The van der Waals surface area contributed by atoms with Crippen molar-refractivity contribution in [1.82, 2.24) is 4.98 Å². The molecule has 6 N–H and O–H groups in total. The van der Waals surface area contributed by atoms with Gasteiger partial charge in [-0.1, -0.05) is 30.3 Å². The number of nitrogens with two attached hydrogens (primary N) is 2. The minimum absolute atomic E-state index is 0. The number of aliphatic hydroxyl groups excluding tert-OH is 1. The standard InChI is InChI=1S/C17H23N5O3.ClH/c1-3-25-17(24)21-14-9-12(15(18)16(19)20-14)22(2)10-13(23)11-7-5-4-6-8-11;/h4-9,13,23H,3,10,18H2,1-2H3,(H3,19,20,21,24);1H. The molecule has 26 heavy (non-hydrogen) atoms. The molecule has 0 aliphatic rings. The second-order valence-corrected chi connectivity index (χ2v) is 5.48. The summed E-state index contributed by atoms with van der Waals surface area (Å²) in [4.78, 5) is 17.3. The van der Waals surface area contributed by atoms with Gasteiger partial charge in [-0.2, -0.15) is 0 Å². The molecule has 2 rings (SSSR count). The maximum absolute atomic E-state index is 11.6. The summed E-state index contributed by atoms with van der Waals surface area (Å²) in [7, 11) is 1.77. The van der Waals surface area contributed by atoms with E-state index in [0.717, 1.165) is 5.56 Å². The zero-order valence-electron chi connectivity index (χ0n) is 14.7. The van der Waals surface area contributed by atoms with E-state index in [4.69, 9.17) is 16.2 Å². The van der Waals surface area contributed by atoms with Crippen LogP contribution < -0.4 is 21.7 Å². The highest BCUT2D eigenvalue weighted by Gasteiger charge is 2.17. The molecule has 1 unspecified atom stereocenters. The Kier molecular flexibility index (Phi) is 7.95. The normalized spacial score (nSPS) is 11.2. The number of nitrogens with zero attached hydrogens (tertiary/aromatic N) is 2. The smallest absolute Gasteiger partial charge is 0.412 e. The molecule has 1 amide bonds. The van der Waals surface area contributed by atoms with E-state index in [1.807, 2.05) is 30.3 Å². The average molecular weight is 382 g/mol. The van der Waals surface area contributed by atoms with Crippen LogP contribution in [0.1, 0.15) is 18.6 Å². The lowest BCUT2D eigenvalue weighted by Gasteiger charge is -2.25. The van der Waals surface area contributed by atoms with E-state index in [0.29, 0.717) is 5.69 Å². The summed E-state index contributed by atoms with van der Waals surface area (Å²) in [5.74, 6) is 0.312. The average Bonchev–Trinajstić information content (AvgIpc) is 2.58. The SMILES string of the molecule is CCOC(=O)Nc1cc(N(C)CC(O)c2ccccc2)c(N)c(N)n1.Cl. The van der Waals surface area contributed by atoms with Crippen molar-refractivity contribution in [3.05, 3.63) is 42.0 Å². The highest BCUT2D eigenvalue weighted by molar-refractivity contribution is 5.87. The number of carbonyl (C=O) groups excluding carboxylic acids is 1. The first-order valence-corrected chi connectivity index (χ1v) is 7.86. The molecule has 0 fully saturated rings. The molecule has 9 heteroatoms. The number of halogens is 1. The number of aromatic nitrogens is 1. The largest absolute Gasteiger partial charge is 0.450 e.